The van der Waals surface area contributed by atoms with Crippen LogP contribution in [-0.4, -0.2) is 17.8 Å². The van der Waals surface area contributed by atoms with Crippen molar-refractivity contribution in [1.29, 1.82) is 0 Å². The summed E-state index contributed by atoms with van der Waals surface area (Å²) in [7, 11) is 0. The third-order valence-corrected chi connectivity index (χ3v) is 2.55. The van der Waals surface area contributed by atoms with Gasteiger partial charge in [-0.15, -0.1) is 0 Å². The van der Waals surface area contributed by atoms with Gasteiger partial charge in [0.05, 0.1) is 6.61 Å². The molecule has 0 unspecified atom stereocenters. The molecule has 0 spiro atoms. The van der Waals surface area contributed by atoms with Crippen molar-refractivity contribution in [3.8, 4) is 0 Å². The lowest BCUT2D eigenvalue weighted by Gasteiger charge is -2.20. The lowest BCUT2D eigenvalue weighted by molar-refractivity contribution is 0.230. The van der Waals surface area contributed by atoms with Crippen molar-refractivity contribution in [2.75, 3.05) is 6.61 Å². The standard InChI is InChI=1S/C12H18FNO/c1-3-12(8-15)14-9(2)10-5-4-6-11(13)7-10/h4-7,9,12,14-15H,3,8H2,1-2H3/t9-,12-/m0/s1. The average molecular weight is 211 g/mol. The maximum Gasteiger partial charge on any atom is 0.123 e. The molecule has 0 fully saturated rings. The maximum atomic E-state index is 13.0. The molecule has 1 rings (SSSR count). The van der Waals surface area contributed by atoms with Crippen LogP contribution < -0.4 is 5.32 Å². The molecule has 84 valence electrons. The summed E-state index contributed by atoms with van der Waals surface area (Å²) in [6.45, 7) is 4.08. The van der Waals surface area contributed by atoms with Gasteiger partial charge >= 0.3 is 0 Å². The molecular weight excluding hydrogens is 193 g/mol. The van der Waals surface area contributed by atoms with Crippen LogP contribution in [-0.2, 0) is 0 Å². The molecular formula is C12H18FNO. The third-order valence-electron chi connectivity index (χ3n) is 2.55. The Labute approximate surface area is 90.1 Å². The van der Waals surface area contributed by atoms with Gasteiger partial charge in [-0.1, -0.05) is 19.1 Å². The lowest BCUT2D eigenvalue weighted by Crippen LogP contribution is -2.33. The minimum Gasteiger partial charge on any atom is -0.395 e. The van der Waals surface area contributed by atoms with Gasteiger partial charge < -0.3 is 10.4 Å². The fourth-order valence-corrected chi connectivity index (χ4v) is 1.53. The Morgan fingerprint density at radius 3 is 2.73 bits per heavy atom. The van der Waals surface area contributed by atoms with Crippen LogP contribution in [0.3, 0.4) is 0 Å². The second-order valence-corrected chi connectivity index (χ2v) is 3.73. The summed E-state index contributed by atoms with van der Waals surface area (Å²) in [6.07, 6.45) is 0.857. The van der Waals surface area contributed by atoms with Crippen molar-refractivity contribution in [2.24, 2.45) is 0 Å². The molecule has 2 N–H and O–H groups in total. The molecule has 0 aliphatic rings. The Morgan fingerprint density at radius 2 is 2.20 bits per heavy atom. The van der Waals surface area contributed by atoms with E-state index in [9.17, 15) is 4.39 Å². The molecule has 2 atom stereocenters. The molecule has 15 heavy (non-hydrogen) atoms. The summed E-state index contributed by atoms with van der Waals surface area (Å²) in [6, 6.07) is 6.65. The summed E-state index contributed by atoms with van der Waals surface area (Å²) < 4.78 is 13.0. The van der Waals surface area contributed by atoms with Gasteiger partial charge in [-0.2, -0.15) is 0 Å². The van der Waals surface area contributed by atoms with E-state index < -0.39 is 0 Å². The molecule has 1 aromatic rings. The number of rotatable bonds is 5. The fourth-order valence-electron chi connectivity index (χ4n) is 1.53. The van der Waals surface area contributed by atoms with Gasteiger partial charge in [0.2, 0.25) is 0 Å². The maximum absolute atomic E-state index is 13.0. The molecule has 0 aromatic heterocycles. The highest BCUT2D eigenvalue weighted by molar-refractivity contribution is 5.19. The minimum atomic E-state index is -0.224. The molecule has 1 aromatic carbocycles. The van der Waals surface area contributed by atoms with Gasteiger partial charge in [-0.25, -0.2) is 4.39 Å². The van der Waals surface area contributed by atoms with Crippen LogP contribution in [0.2, 0.25) is 0 Å². The SMILES string of the molecule is CC[C@@H](CO)N[C@@H](C)c1cccc(F)c1. The molecule has 0 amide bonds. The van der Waals surface area contributed by atoms with Crippen molar-refractivity contribution in [2.45, 2.75) is 32.4 Å². The van der Waals surface area contributed by atoms with Crippen molar-refractivity contribution in [1.82, 2.24) is 5.32 Å². The van der Waals surface area contributed by atoms with Gasteiger partial charge in [-0.3, -0.25) is 0 Å². The quantitative estimate of drug-likeness (QED) is 0.783. The summed E-state index contributed by atoms with van der Waals surface area (Å²) in [4.78, 5) is 0. The van der Waals surface area contributed by atoms with E-state index in [1.54, 1.807) is 6.07 Å². The highest BCUT2D eigenvalue weighted by Gasteiger charge is 2.10. The Kier molecular flexibility index (Phi) is 4.72. The van der Waals surface area contributed by atoms with Gasteiger partial charge in [0, 0.05) is 12.1 Å². The summed E-state index contributed by atoms with van der Waals surface area (Å²) >= 11 is 0. The number of hydrogen-bond acceptors (Lipinski definition) is 2. The zero-order chi connectivity index (χ0) is 11.3. The second-order valence-electron chi connectivity index (χ2n) is 3.73. The Balaban J connectivity index is 2.64. The molecule has 3 heteroatoms. The van der Waals surface area contributed by atoms with E-state index in [1.807, 2.05) is 19.9 Å². The first kappa shape index (κ1) is 12.1. The van der Waals surface area contributed by atoms with Crippen LogP contribution in [0.4, 0.5) is 4.39 Å². The van der Waals surface area contributed by atoms with E-state index in [1.165, 1.54) is 12.1 Å². The first-order chi connectivity index (χ1) is 7.17. The Morgan fingerprint density at radius 1 is 1.47 bits per heavy atom. The predicted octanol–water partition coefficient (Wildman–Crippen LogP) is 2.25. The largest absolute Gasteiger partial charge is 0.395 e. The van der Waals surface area contributed by atoms with E-state index in [4.69, 9.17) is 5.11 Å². The van der Waals surface area contributed by atoms with Crippen molar-refractivity contribution in [3.63, 3.8) is 0 Å². The number of hydrogen-bond donors (Lipinski definition) is 2. The molecule has 2 nitrogen and oxygen atoms in total. The number of aliphatic hydroxyl groups is 1. The predicted molar refractivity (Wildman–Crippen MR) is 59.1 cm³/mol. The second kappa shape index (κ2) is 5.83. The molecule has 0 heterocycles. The van der Waals surface area contributed by atoms with Crippen LogP contribution in [0.5, 0.6) is 0 Å². The molecule has 0 bridgehead atoms. The van der Waals surface area contributed by atoms with Crippen LogP contribution in [0, 0.1) is 5.82 Å². The van der Waals surface area contributed by atoms with Crippen molar-refractivity contribution >= 4 is 0 Å². The summed E-state index contributed by atoms with van der Waals surface area (Å²) in [5.74, 6) is -0.224. The van der Waals surface area contributed by atoms with Gasteiger partial charge in [0.15, 0.2) is 0 Å². The Bertz CT molecular complexity index is 299. The van der Waals surface area contributed by atoms with Crippen LogP contribution in [0.25, 0.3) is 0 Å². The topological polar surface area (TPSA) is 32.3 Å². The number of benzene rings is 1. The smallest absolute Gasteiger partial charge is 0.123 e. The van der Waals surface area contributed by atoms with Gasteiger partial charge in [0.1, 0.15) is 5.82 Å². The van der Waals surface area contributed by atoms with E-state index >= 15 is 0 Å². The molecule has 0 aliphatic carbocycles. The van der Waals surface area contributed by atoms with Crippen LogP contribution in [0.15, 0.2) is 24.3 Å². The third kappa shape index (κ3) is 3.61. The highest BCUT2D eigenvalue weighted by Crippen LogP contribution is 2.14. The first-order valence-electron chi connectivity index (χ1n) is 5.29. The molecule has 0 saturated carbocycles. The molecule has 0 saturated heterocycles. The minimum absolute atomic E-state index is 0.0535. The van der Waals surface area contributed by atoms with E-state index in [2.05, 4.69) is 5.32 Å². The fraction of sp³-hybridized carbons (Fsp3) is 0.500. The van der Waals surface area contributed by atoms with Gasteiger partial charge in [-0.05, 0) is 31.0 Å². The Hall–Kier alpha value is -0.930. The molecule has 0 radical (unpaired) electrons. The van der Waals surface area contributed by atoms with Crippen molar-refractivity contribution < 1.29 is 9.50 Å². The van der Waals surface area contributed by atoms with E-state index in [0.29, 0.717) is 0 Å². The zero-order valence-corrected chi connectivity index (χ0v) is 9.20. The summed E-state index contributed by atoms with van der Waals surface area (Å²) in [5.41, 5.74) is 0.905. The lowest BCUT2D eigenvalue weighted by atomic mass is 10.1. The molecule has 0 aliphatic heterocycles. The highest BCUT2D eigenvalue weighted by atomic mass is 19.1. The summed E-state index contributed by atoms with van der Waals surface area (Å²) in [5, 5.41) is 12.3. The normalized spacial score (nSPS) is 14.9. The van der Waals surface area contributed by atoms with E-state index in [-0.39, 0.29) is 24.5 Å². The van der Waals surface area contributed by atoms with Crippen LogP contribution in [0.1, 0.15) is 31.9 Å². The average Bonchev–Trinajstić information content (AvgIpc) is 2.25. The number of halogens is 1. The zero-order valence-electron chi connectivity index (χ0n) is 9.20. The van der Waals surface area contributed by atoms with E-state index in [0.717, 1.165) is 12.0 Å². The number of nitrogens with one attached hydrogen (secondary N) is 1. The monoisotopic (exact) mass is 211 g/mol. The van der Waals surface area contributed by atoms with Crippen molar-refractivity contribution in [3.05, 3.63) is 35.6 Å². The van der Waals surface area contributed by atoms with Crippen LogP contribution >= 0.6 is 0 Å². The first-order valence-corrected chi connectivity index (χ1v) is 5.29. The van der Waals surface area contributed by atoms with Gasteiger partial charge in [0.25, 0.3) is 0 Å². The number of aliphatic hydroxyl groups excluding tert-OH is 1.